The molecule has 1 N–H and O–H groups in total. The third-order valence-corrected chi connectivity index (χ3v) is 4.43. The molecule has 0 aliphatic carbocycles. The molecule has 0 unspecified atom stereocenters. The van der Waals surface area contributed by atoms with Crippen LogP contribution in [0.3, 0.4) is 0 Å². The average molecular weight is 389 g/mol. The summed E-state index contributed by atoms with van der Waals surface area (Å²) in [5, 5.41) is 4.10. The number of rotatable bonds is 6. The molecule has 0 saturated heterocycles. The fourth-order valence-corrected chi connectivity index (χ4v) is 3.14. The normalized spacial score (nSPS) is 10.9. The molecule has 6 nitrogen and oxygen atoms in total. The monoisotopic (exact) mass is 389 g/mol. The van der Waals surface area contributed by atoms with Crippen LogP contribution < -0.4 is 10.2 Å². The largest absolute Gasteiger partial charge is 0.427 e. The van der Waals surface area contributed by atoms with Crippen LogP contribution in [0.5, 0.6) is 5.75 Å². The number of aryl methyl sites for hydroxylation is 1. The number of hydrogen-bond donors (Lipinski definition) is 1. The van der Waals surface area contributed by atoms with Crippen molar-refractivity contribution in [3.8, 4) is 11.4 Å². The van der Waals surface area contributed by atoms with E-state index < -0.39 is 0 Å². The van der Waals surface area contributed by atoms with E-state index in [4.69, 9.17) is 4.74 Å². The van der Waals surface area contributed by atoms with E-state index in [0.717, 1.165) is 28.2 Å². The Hall–Kier alpha value is -3.67. The highest BCUT2D eigenvalue weighted by atomic mass is 16.5. The first-order valence-electron chi connectivity index (χ1n) is 9.27. The Morgan fingerprint density at radius 1 is 1.07 bits per heavy atom. The summed E-state index contributed by atoms with van der Waals surface area (Å²) in [6.45, 7) is 5.36. The predicted molar refractivity (Wildman–Crippen MR) is 112 cm³/mol. The number of hydrogen-bond acceptors (Lipinski definition) is 4. The van der Waals surface area contributed by atoms with E-state index in [1.165, 1.54) is 6.92 Å². The van der Waals surface area contributed by atoms with Gasteiger partial charge in [0.15, 0.2) is 0 Å². The lowest BCUT2D eigenvalue weighted by Gasteiger charge is -2.10. The minimum Gasteiger partial charge on any atom is -0.427 e. The van der Waals surface area contributed by atoms with E-state index in [1.54, 1.807) is 18.3 Å². The summed E-state index contributed by atoms with van der Waals surface area (Å²) >= 11 is 0. The van der Waals surface area contributed by atoms with Crippen molar-refractivity contribution in [1.29, 1.82) is 0 Å². The standard InChI is InChI=1S/C23H23N3O3/c1-16-13-20(15-24-25-23(28)14-19-7-5-4-6-8-19)17(2)26(16)21-9-11-22(12-10-21)29-18(3)27/h4-13,15H,14H2,1-3H3,(H,25,28)/b24-15+. The van der Waals surface area contributed by atoms with Gasteiger partial charge in [-0.05, 0) is 49.7 Å². The topological polar surface area (TPSA) is 72.7 Å². The van der Waals surface area contributed by atoms with Crippen LogP contribution in [0.25, 0.3) is 5.69 Å². The summed E-state index contributed by atoms with van der Waals surface area (Å²) in [5.41, 5.74) is 7.39. The van der Waals surface area contributed by atoms with Gasteiger partial charge in [0, 0.05) is 29.6 Å². The van der Waals surface area contributed by atoms with Crippen molar-refractivity contribution in [3.63, 3.8) is 0 Å². The van der Waals surface area contributed by atoms with Crippen LogP contribution >= 0.6 is 0 Å². The SMILES string of the molecule is CC(=O)Oc1ccc(-n2c(C)cc(/C=N/NC(=O)Cc3ccccc3)c2C)cc1. The van der Waals surface area contributed by atoms with Crippen LogP contribution in [0, 0.1) is 13.8 Å². The van der Waals surface area contributed by atoms with Crippen LogP contribution in [0.15, 0.2) is 65.8 Å². The predicted octanol–water partition coefficient (Wildman–Crippen LogP) is 3.71. The lowest BCUT2D eigenvalue weighted by atomic mass is 10.1. The maximum atomic E-state index is 12.0. The van der Waals surface area contributed by atoms with Gasteiger partial charge >= 0.3 is 5.97 Å². The van der Waals surface area contributed by atoms with Gasteiger partial charge in [0.05, 0.1) is 12.6 Å². The lowest BCUT2D eigenvalue weighted by Crippen LogP contribution is -2.19. The van der Waals surface area contributed by atoms with Crippen LogP contribution in [0.2, 0.25) is 0 Å². The molecule has 2 aromatic carbocycles. The van der Waals surface area contributed by atoms with Crippen molar-refractivity contribution in [1.82, 2.24) is 9.99 Å². The fourth-order valence-electron chi connectivity index (χ4n) is 3.14. The molecule has 6 heteroatoms. The summed E-state index contributed by atoms with van der Waals surface area (Å²) < 4.78 is 7.15. The van der Waals surface area contributed by atoms with E-state index in [1.807, 2.05) is 62.4 Å². The van der Waals surface area contributed by atoms with Crippen molar-refractivity contribution in [2.75, 3.05) is 0 Å². The van der Waals surface area contributed by atoms with Crippen LogP contribution in [0.1, 0.15) is 29.4 Å². The zero-order valence-corrected chi connectivity index (χ0v) is 16.7. The van der Waals surface area contributed by atoms with Crippen molar-refractivity contribution in [2.45, 2.75) is 27.2 Å². The number of benzene rings is 2. The zero-order valence-electron chi connectivity index (χ0n) is 16.7. The van der Waals surface area contributed by atoms with Crippen LogP contribution in [-0.2, 0) is 16.0 Å². The Morgan fingerprint density at radius 3 is 2.41 bits per heavy atom. The molecule has 29 heavy (non-hydrogen) atoms. The Balaban J connectivity index is 1.69. The molecule has 0 bridgehead atoms. The van der Waals surface area contributed by atoms with E-state index >= 15 is 0 Å². The van der Waals surface area contributed by atoms with E-state index in [9.17, 15) is 9.59 Å². The average Bonchev–Trinajstić information content (AvgIpc) is 2.96. The molecule has 0 aliphatic heterocycles. The molecule has 0 radical (unpaired) electrons. The lowest BCUT2D eigenvalue weighted by molar-refractivity contribution is -0.131. The van der Waals surface area contributed by atoms with Gasteiger partial charge in [0.2, 0.25) is 5.91 Å². The van der Waals surface area contributed by atoms with Gasteiger partial charge < -0.3 is 9.30 Å². The molecular weight excluding hydrogens is 366 g/mol. The molecule has 148 valence electrons. The second-order valence-corrected chi connectivity index (χ2v) is 6.70. The maximum absolute atomic E-state index is 12.0. The Kier molecular flexibility index (Phi) is 6.24. The van der Waals surface area contributed by atoms with Gasteiger partial charge in [-0.1, -0.05) is 30.3 Å². The molecular formula is C23H23N3O3. The molecule has 0 aliphatic rings. The summed E-state index contributed by atoms with van der Waals surface area (Å²) in [5.74, 6) is -0.00664. The van der Waals surface area contributed by atoms with Crippen LogP contribution in [0.4, 0.5) is 0 Å². The third kappa shape index (κ3) is 5.19. The number of carbonyl (C=O) groups excluding carboxylic acids is 2. The molecule has 1 aromatic heterocycles. The minimum absolute atomic E-state index is 0.165. The summed E-state index contributed by atoms with van der Waals surface area (Å²) in [6, 6.07) is 18.8. The highest BCUT2D eigenvalue weighted by Gasteiger charge is 2.10. The molecule has 3 aromatic rings. The van der Waals surface area contributed by atoms with Crippen molar-refractivity contribution >= 4 is 18.1 Å². The van der Waals surface area contributed by atoms with Gasteiger partial charge in [0.25, 0.3) is 0 Å². The highest BCUT2D eigenvalue weighted by molar-refractivity contribution is 5.84. The Bertz CT molecular complexity index is 1040. The molecule has 0 saturated carbocycles. The number of hydrazone groups is 1. The van der Waals surface area contributed by atoms with E-state index in [0.29, 0.717) is 5.75 Å². The number of carbonyl (C=O) groups is 2. The second kappa shape index (κ2) is 9.01. The number of nitrogens with zero attached hydrogens (tertiary/aromatic N) is 2. The Morgan fingerprint density at radius 2 is 1.76 bits per heavy atom. The van der Waals surface area contributed by atoms with E-state index in [2.05, 4.69) is 15.1 Å². The number of esters is 1. The zero-order chi connectivity index (χ0) is 20.8. The summed E-state index contributed by atoms with van der Waals surface area (Å²) in [4.78, 5) is 23.1. The fraction of sp³-hybridized carbons (Fsp3) is 0.174. The summed E-state index contributed by atoms with van der Waals surface area (Å²) in [7, 11) is 0. The number of aromatic nitrogens is 1. The molecule has 3 rings (SSSR count). The van der Waals surface area contributed by atoms with Gasteiger partial charge in [0.1, 0.15) is 5.75 Å². The van der Waals surface area contributed by atoms with Gasteiger partial charge in [-0.2, -0.15) is 5.10 Å². The summed E-state index contributed by atoms with van der Waals surface area (Å²) in [6.07, 6.45) is 1.93. The van der Waals surface area contributed by atoms with Crippen LogP contribution in [-0.4, -0.2) is 22.7 Å². The van der Waals surface area contributed by atoms with Gasteiger partial charge in [-0.15, -0.1) is 0 Å². The quantitative estimate of drug-likeness (QED) is 0.302. The second-order valence-electron chi connectivity index (χ2n) is 6.70. The molecule has 1 amide bonds. The van der Waals surface area contributed by atoms with Crippen molar-refractivity contribution in [3.05, 3.63) is 83.2 Å². The van der Waals surface area contributed by atoms with E-state index in [-0.39, 0.29) is 18.3 Å². The number of nitrogens with one attached hydrogen (secondary N) is 1. The van der Waals surface area contributed by atoms with Crippen molar-refractivity contribution < 1.29 is 14.3 Å². The molecule has 0 atom stereocenters. The minimum atomic E-state index is -0.348. The highest BCUT2D eigenvalue weighted by Crippen LogP contribution is 2.22. The first kappa shape index (κ1) is 20.1. The van der Waals surface area contributed by atoms with Gasteiger partial charge in [-0.3, -0.25) is 9.59 Å². The molecule has 1 heterocycles. The first-order chi connectivity index (χ1) is 13.9. The van der Waals surface area contributed by atoms with Crippen molar-refractivity contribution in [2.24, 2.45) is 5.10 Å². The Labute approximate surface area is 169 Å². The smallest absolute Gasteiger partial charge is 0.308 e. The first-order valence-corrected chi connectivity index (χ1v) is 9.27. The molecule has 0 fully saturated rings. The maximum Gasteiger partial charge on any atom is 0.308 e. The molecule has 0 spiro atoms. The number of amides is 1. The number of ether oxygens (including phenoxy) is 1. The third-order valence-electron chi connectivity index (χ3n) is 4.43. The van der Waals surface area contributed by atoms with Gasteiger partial charge in [-0.25, -0.2) is 5.43 Å².